The van der Waals surface area contributed by atoms with E-state index < -0.39 is 6.08 Å². The van der Waals surface area contributed by atoms with Crippen molar-refractivity contribution < 1.29 is 4.39 Å². The van der Waals surface area contributed by atoms with Gasteiger partial charge in [0.25, 0.3) is 0 Å². The van der Waals surface area contributed by atoms with Crippen LogP contribution in [-0.2, 0) is 5.54 Å². The van der Waals surface area contributed by atoms with E-state index >= 15 is 0 Å². The summed E-state index contributed by atoms with van der Waals surface area (Å²) in [6.45, 7) is 5.71. The maximum atomic E-state index is 12.9. The number of aromatic nitrogens is 3. The molecule has 0 fully saturated rings. The highest BCUT2D eigenvalue weighted by atomic mass is 127. The molecule has 0 radical (unpaired) electrons. The molecule has 0 N–H and O–H groups in total. The van der Waals surface area contributed by atoms with Crippen molar-refractivity contribution in [1.29, 1.82) is 0 Å². The third-order valence-electron chi connectivity index (χ3n) is 1.25. The van der Waals surface area contributed by atoms with E-state index in [1.807, 2.05) is 43.4 Å². The van der Waals surface area contributed by atoms with Crippen LogP contribution in [0.5, 0.6) is 0 Å². The lowest BCUT2D eigenvalue weighted by molar-refractivity contribution is 0.320. The average molecular weight is 269 g/mol. The summed E-state index contributed by atoms with van der Waals surface area (Å²) in [6, 6.07) is 0. The summed E-state index contributed by atoms with van der Waals surface area (Å²) < 4.78 is 14.9. The first-order valence-corrected chi connectivity index (χ1v) is 4.27. The lowest BCUT2D eigenvalue weighted by Crippen LogP contribution is -2.25. The molecule has 0 saturated heterocycles. The molecular formula is C6H9FIN3. The minimum Gasteiger partial charge on any atom is -0.273 e. The fourth-order valence-corrected chi connectivity index (χ4v) is 1.83. The van der Waals surface area contributed by atoms with Crippen LogP contribution in [0.25, 0.3) is 0 Å². The standard InChI is InChI=1S/C6H9FIN3/c1-6(2,3)11-4(7)9-10-5(11)8/h1-3H3. The van der Waals surface area contributed by atoms with Crippen molar-refractivity contribution in [2.45, 2.75) is 26.3 Å². The summed E-state index contributed by atoms with van der Waals surface area (Å²) in [5.41, 5.74) is -0.288. The molecule has 0 amide bonds. The Labute approximate surface area is 78.1 Å². The zero-order chi connectivity index (χ0) is 8.65. The van der Waals surface area contributed by atoms with Crippen LogP contribution >= 0.6 is 22.6 Å². The van der Waals surface area contributed by atoms with Crippen molar-refractivity contribution in [3.63, 3.8) is 0 Å². The van der Waals surface area contributed by atoms with Gasteiger partial charge in [0.15, 0.2) is 3.83 Å². The first-order valence-electron chi connectivity index (χ1n) is 3.20. The molecule has 3 nitrogen and oxygen atoms in total. The predicted molar refractivity (Wildman–Crippen MR) is 47.7 cm³/mol. The van der Waals surface area contributed by atoms with Crippen molar-refractivity contribution in [1.82, 2.24) is 14.8 Å². The monoisotopic (exact) mass is 269 g/mol. The van der Waals surface area contributed by atoms with Gasteiger partial charge in [0.2, 0.25) is 0 Å². The van der Waals surface area contributed by atoms with Crippen LogP contribution in [0.3, 0.4) is 0 Å². The van der Waals surface area contributed by atoms with E-state index in [1.165, 1.54) is 4.57 Å². The normalized spacial score (nSPS) is 12.1. The third-order valence-corrected chi connectivity index (χ3v) is 1.95. The molecule has 0 aromatic carbocycles. The van der Waals surface area contributed by atoms with E-state index in [9.17, 15) is 4.39 Å². The Morgan fingerprint density at radius 2 is 1.91 bits per heavy atom. The second-order valence-corrected chi connectivity index (χ2v) is 4.21. The van der Waals surface area contributed by atoms with E-state index in [0.29, 0.717) is 3.83 Å². The van der Waals surface area contributed by atoms with Crippen LogP contribution in [0.4, 0.5) is 4.39 Å². The van der Waals surface area contributed by atoms with Gasteiger partial charge in [-0.25, -0.2) is 0 Å². The summed E-state index contributed by atoms with van der Waals surface area (Å²) in [5, 5.41) is 6.93. The first-order chi connectivity index (χ1) is 4.93. The third kappa shape index (κ3) is 1.69. The van der Waals surface area contributed by atoms with E-state index in [2.05, 4.69) is 10.2 Å². The molecule has 0 spiro atoms. The Balaban J connectivity index is 3.21. The summed E-state index contributed by atoms with van der Waals surface area (Å²) in [6.07, 6.45) is -0.526. The van der Waals surface area contributed by atoms with Gasteiger partial charge in [0, 0.05) is 28.1 Å². The van der Waals surface area contributed by atoms with E-state index in [0.717, 1.165) is 0 Å². The minimum atomic E-state index is -0.526. The van der Waals surface area contributed by atoms with Gasteiger partial charge in [-0.2, -0.15) is 4.39 Å². The second kappa shape index (κ2) is 2.69. The lowest BCUT2D eigenvalue weighted by atomic mass is 10.1. The molecular weight excluding hydrogens is 260 g/mol. The highest BCUT2D eigenvalue weighted by Gasteiger charge is 2.21. The first kappa shape index (κ1) is 8.89. The van der Waals surface area contributed by atoms with E-state index in [-0.39, 0.29) is 5.54 Å². The van der Waals surface area contributed by atoms with Crippen LogP contribution in [0, 0.1) is 9.91 Å². The molecule has 0 unspecified atom stereocenters. The van der Waals surface area contributed by atoms with Crippen LogP contribution in [0.15, 0.2) is 0 Å². The van der Waals surface area contributed by atoms with Crippen LogP contribution in [0.1, 0.15) is 20.8 Å². The van der Waals surface area contributed by atoms with Gasteiger partial charge >= 0.3 is 6.08 Å². The fraction of sp³-hybridized carbons (Fsp3) is 0.667. The molecule has 1 rings (SSSR count). The molecule has 62 valence electrons. The van der Waals surface area contributed by atoms with E-state index in [4.69, 9.17) is 0 Å². The minimum absolute atomic E-state index is 0.288. The number of halogens is 2. The van der Waals surface area contributed by atoms with Crippen molar-refractivity contribution in [3.05, 3.63) is 9.91 Å². The van der Waals surface area contributed by atoms with Gasteiger partial charge < -0.3 is 0 Å². The fourth-order valence-electron chi connectivity index (χ4n) is 0.802. The molecule has 0 atom stereocenters. The summed E-state index contributed by atoms with van der Waals surface area (Å²) in [5.74, 6) is 0. The molecule has 0 aliphatic carbocycles. The lowest BCUT2D eigenvalue weighted by Gasteiger charge is -2.20. The molecule has 1 aromatic heterocycles. The quantitative estimate of drug-likeness (QED) is 0.672. The number of hydrogen-bond donors (Lipinski definition) is 0. The average Bonchev–Trinajstić information content (AvgIpc) is 2.08. The van der Waals surface area contributed by atoms with Crippen LogP contribution in [0.2, 0.25) is 0 Å². The second-order valence-electron chi connectivity index (χ2n) is 3.24. The molecule has 0 saturated carbocycles. The van der Waals surface area contributed by atoms with Crippen molar-refractivity contribution in [2.24, 2.45) is 0 Å². The van der Waals surface area contributed by atoms with Crippen molar-refractivity contribution in [3.8, 4) is 0 Å². The molecule has 5 heteroatoms. The Morgan fingerprint density at radius 3 is 2.09 bits per heavy atom. The Kier molecular flexibility index (Phi) is 2.17. The molecule has 1 aromatic rings. The van der Waals surface area contributed by atoms with Crippen LogP contribution in [-0.4, -0.2) is 14.8 Å². The predicted octanol–water partition coefficient (Wildman–Crippen LogP) is 1.78. The SMILES string of the molecule is CC(C)(C)n1c(F)nnc1I. The molecule has 0 aliphatic rings. The zero-order valence-electron chi connectivity index (χ0n) is 6.60. The maximum Gasteiger partial charge on any atom is 0.310 e. The van der Waals surface area contributed by atoms with Crippen molar-refractivity contribution in [2.75, 3.05) is 0 Å². The molecule has 11 heavy (non-hydrogen) atoms. The number of nitrogens with zero attached hydrogens (tertiary/aromatic N) is 3. The summed E-state index contributed by atoms with van der Waals surface area (Å²) >= 11 is 1.96. The van der Waals surface area contributed by atoms with Gasteiger partial charge in [0.05, 0.1) is 0 Å². The number of rotatable bonds is 0. The Bertz CT molecular complexity index is 244. The molecule has 0 aliphatic heterocycles. The Morgan fingerprint density at radius 1 is 1.36 bits per heavy atom. The number of hydrogen-bond acceptors (Lipinski definition) is 2. The smallest absolute Gasteiger partial charge is 0.273 e. The molecule has 0 bridgehead atoms. The zero-order valence-corrected chi connectivity index (χ0v) is 8.76. The molecule has 1 heterocycles. The maximum absolute atomic E-state index is 12.9. The summed E-state index contributed by atoms with van der Waals surface area (Å²) in [7, 11) is 0. The highest BCUT2D eigenvalue weighted by Crippen LogP contribution is 2.18. The van der Waals surface area contributed by atoms with Gasteiger partial charge in [0.1, 0.15) is 0 Å². The van der Waals surface area contributed by atoms with Crippen LogP contribution < -0.4 is 0 Å². The van der Waals surface area contributed by atoms with Gasteiger partial charge in [-0.15, -0.1) is 5.10 Å². The highest BCUT2D eigenvalue weighted by molar-refractivity contribution is 14.1. The van der Waals surface area contributed by atoms with Crippen molar-refractivity contribution >= 4 is 22.6 Å². The van der Waals surface area contributed by atoms with Gasteiger partial charge in [-0.1, -0.05) is 5.10 Å². The topological polar surface area (TPSA) is 30.7 Å². The Hall–Kier alpha value is -0.200. The summed E-state index contributed by atoms with van der Waals surface area (Å²) in [4.78, 5) is 0. The largest absolute Gasteiger partial charge is 0.310 e. The van der Waals surface area contributed by atoms with E-state index in [1.54, 1.807) is 0 Å². The van der Waals surface area contributed by atoms with Gasteiger partial charge in [-0.3, -0.25) is 4.57 Å². The van der Waals surface area contributed by atoms with Gasteiger partial charge in [-0.05, 0) is 20.8 Å².